The Balaban J connectivity index is 1.72. The second-order valence-corrected chi connectivity index (χ2v) is 5.37. The number of nitrogens with one attached hydrogen (secondary N) is 1. The van der Waals surface area contributed by atoms with E-state index in [2.05, 4.69) is 30.4 Å². The zero-order chi connectivity index (χ0) is 14.1. The Morgan fingerprint density at radius 2 is 1.70 bits per heavy atom. The van der Waals surface area contributed by atoms with Gasteiger partial charge < -0.3 is 10.2 Å². The van der Waals surface area contributed by atoms with E-state index >= 15 is 0 Å². The van der Waals surface area contributed by atoms with Crippen molar-refractivity contribution in [2.45, 2.75) is 26.9 Å². The number of carbonyl (C=O) groups is 1. The molecule has 0 radical (unpaired) electrons. The van der Waals surface area contributed by atoms with Gasteiger partial charge in [-0.25, -0.2) is 4.79 Å². The van der Waals surface area contributed by atoms with Crippen LogP contribution in [0.3, 0.4) is 0 Å². The summed E-state index contributed by atoms with van der Waals surface area (Å²) in [5, 5.41) is 3.00. The summed E-state index contributed by atoms with van der Waals surface area (Å²) in [4.78, 5) is 14.2. The van der Waals surface area contributed by atoms with Gasteiger partial charge in [0.05, 0.1) is 0 Å². The molecular weight excluding hydrogens is 248 g/mol. The second-order valence-electron chi connectivity index (χ2n) is 5.37. The summed E-state index contributed by atoms with van der Waals surface area (Å²) in [6.45, 7) is 5.44. The molecule has 0 spiro atoms. The van der Waals surface area contributed by atoms with Gasteiger partial charge in [-0.2, -0.15) is 0 Å². The molecule has 20 heavy (non-hydrogen) atoms. The predicted octanol–water partition coefficient (Wildman–Crippen LogP) is 3.85. The minimum absolute atomic E-state index is 0.0341. The van der Waals surface area contributed by atoms with Crippen LogP contribution in [0.1, 0.15) is 22.3 Å². The maximum Gasteiger partial charge on any atom is 0.322 e. The molecule has 3 rings (SSSR count). The first-order valence-corrected chi connectivity index (χ1v) is 6.83. The smallest absolute Gasteiger partial charge is 0.316 e. The van der Waals surface area contributed by atoms with Crippen LogP contribution in [0.2, 0.25) is 0 Å². The molecule has 0 fully saturated rings. The van der Waals surface area contributed by atoms with E-state index in [0.717, 1.165) is 11.3 Å². The van der Waals surface area contributed by atoms with Crippen LogP contribution in [0.15, 0.2) is 42.5 Å². The maximum absolute atomic E-state index is 12.3. The largest absolute Gasteiger partial charge is 0.322 e. The highest BCUT2D eigenvalue weighted by molar-refractivity contribution is 5.90. The zero-order valence-corrected chi connectivity index (χ0v) is 11.8. The molecule has 2 aromatic rings. The SMILES string of the molecule is Cc1ccc(NC(=O)N2Cc3ccccc3C2)c(C)c1. The lowest BCUT2D eigenvalue weighted by Crippen LogP contribution is -2.30. The van der Waals surface area contributed by atoms with E-state index in [1.165, 1.54) is 16.7 Å². The lowest BCUT2D eigenvalue weighted by molar-refractivity contribution is 0.212. The maximum atomic E-state index is 12.3. The lowest BCUT2D eigenvalue weighted by atomic mass is 10.1. The molecule has 1 N–H and O–H groups in total. The number of fused-ring (bicyclic) bond motifs is 1. The van der Waals surface area contributed by atoms with E-state index in [1.807, 2.05) is 36.1 Å². The fraction of sp³-hybridized carbons (Fsp3) is 0.235. The van der Waals surface area contributed by atoms with Crippen molar-refractivity contribution in [2.24, 2.45) is 0 Å². The van der Waals surface area contributed by atoms with Gasteiger partial charge >= 0.3 is 6.03 Å². The van der Waals surface area contributed by atoms with Crippen molar-refractivity contribution in [2.75, 3.05) is 5.32 Å². The quantitative estimate of drug-likeness (QED) is 0.835. The van der Waals surface area contributed by atoms with Crippen molar-refractivity contribution in [3.05, 3.63) is 64.7 Å². The third-order valence-corrected chi connectivity index (χ3v) is 3.75. The molecule has 0 unspecified atom stereocenters. The Labute approximate surface area is 119 Å². The third kappa shape index (κ3) is 2.39. The van der Waals surface area contributed by atoms with Crippen molar-refractivity contribution in [1.29, 1.82) is 0 Å². The Morgan fingerprint density at radius 1 is 1.05 bits per heavy atom. The first kappa shape index (κ1) is 12.7. The van der Waals surface area contributed by atoms with Gasteiger partial charge in [-0.15, -0.1) is 0 Å². The van der Waals surface area contributed by atoms with Crippen molar-refractivity contribution in [3.63, 3.8) is 0 Å². The summed E-state index contributed by atoms with van der Waals surface area (Å²) in [5.74, 6) is 0. The normalized spacial score (nSPS) is 13.2. The number of benzene rings is 2. The molecule has 0 atom stereocenters. The Hall–Kier alpha value is -2.29. The van der Waals surface area contributed by atoms with E-state index in [1.54, 1.807) is 0 Å². The molecule has 0 aliphatic carbocycles. The predicted molar refractivity (Wildman–Crippen MR) is 80.6 cm³/mol. The number of amides is 2. The molecule has 2 amide bonds. The lowest BCUT2D eigenvalue weighted by Gasteiger charge is -2.17. The van der Waals surface area contributed by atoms with Gasteiger partial charge in [0.1, 0.15) is 0 Å². The number of urea groups is 1. The number of nitrogens with zero attached hydrogens (tertiary/aromatic N) is 1. The van der Waals surface area contributed by atoms with Gasteiger partial charge in [-0.05, 0) is 36.6 Å². The third-order valence-electron chi connectivity index (χ3n) is 3.75. The van der Waals surface area contributed by atoms with E-state index in [-0.39, 0.29) is 6.03 Å². The van der Waals surface area contributed by atoms with Gasteiger partial charge in [-0.1, -0.05) is 42.0 Å². The van der Waals surface area contributed by atoms with Gasteiger partial charge in [0, 0.05) is 18.8 Å². The van der Waals surface area contributed by atoms with E-state index < -0.39 is 0 Å². The van der Waals surface area contributed by atoms with Gasteiger partial charge in [0.25, 0.3) is 0 Å². The van der Waals surface area contributed by atoms with Crippen molar-refractivity contribution in [3.8, 4) is 0 Å². The first-order chi connectivity index (χ1) is 9.63. The molecule has 0 aromatic heterocycles. The van der Waals surface area contributed by atoms with Crippen LogP contribution in [-0.2, 0) is 13.1 Å². The molecule has 2 aromatic carbocycles. The number of carbonyl (C=O) groups excluding carboxylic acids is 1. The fourth-order valence-electron chi connectivity index (χ4n) is 2.62. The minimum atomic E-state index is -0.0341. The van der Waals surface area contributed by atoms with Crippen molar-refractivity contribution >= 4 is 11.7 Å². The monoisotopic (exact) mass is 266 g/mol. The average molecular weight is 266 g/mol. The second kappa shape index (κ2) is 5.00. The highest BCUT2D eigenvalue weighted by Crippen LogP contribution is 2.24. The molecule has 3 nitrogen and oxygen atoms in total. The van der Waals surface area contributed by atoms with Crippen LogP contribution in [0.4, 0.5) is 10.5 Å². The molecular formula is C17H18N2O. The number of anilines is 1. The average Bonchev–Trinajstić information content (AvgIpc) is 2.86. The number of aryl methyl sites for hydroxylation is 2. The van der Waals surface area contributed by atoms with Crippen LogP contribution in [0, 0.1) is 13.8 Å². The van der Waals surface area contributed by atoms with Gasteiger partial charge in [0.15, 0.2) is 0 Å². The molecule has 0 saturated carbocycles. The van der Waals surface area contributed by atoms with Gasteiger partial charge in [0.2, 0.25) is 0 Å². The first-order valence-electron chi connectivity index (χ1n) is 6.83. The summed E-state index contributed by atoms with van der Waals surface area (Å²) in [7, 11) is 0. The Morgan fingerprint density at radius 3 is 2.30 bits per heavy atom. The highest BCUT2D eigenvalue weighted by atomic mass is 16.2. The van der Waals surface area contributed by atoms with Crippen LogP contribution in [0.5, 0.6) is 0 Å². The number of hydrogen-bond acceptors (Lipinski definition) is 1. The van der Waals surface area contributed by atoms with E-state index in [0.29, 0.717) is 13.1 Å². The summed E-state index contributed by atoms with van der Waals surface area (Å²) >= 11 is 0. The summed E-state index contributed by atoms with van der Waals surface area (Å²) in [5.41, 5.74) is 5.66. The van der Waals surface area contributed by atoms with Crippen molar-refractivity contribution in [1.82, 2.24) is 4.90 Å². The van der Waals surface area contributed by atoms with Crippen molar-refractivity contribution < 1.29 is 4.79 Å². The number of rotatable bonds is 1. The minimum Gasteiger partial charge on any atom is -0.316 e. The van der Waals surface area contributed by atoms with Gasteiger partial charge in [-0.3, -0.25) is 0 Å². The topological polar surface area (TPSA) is 32.3 Å². The molecule has 1 aliphatic rings. The zero-order valence-electron chi connectivity index (χ0n) is 11.8. The van der Waals surface area contributed by atoms with Crippen LogP contribution in [0.25, 0.3) is 0 Å². The van der Waals surface area contributed by atoms with E-state index in [9.17, 15) is 4.79 Å². The summed E-state index contributed by atoms with van der Waals surface area (Å²) in [6, 6.07) is 14.2. The summed E-state index contributed by atoms with van der Waals surface area (Å²) in [6.07, 6.45) is 0. The van der Waals surface area contributed by atoms with Crippen LogP contribution < -0.4 is 5.32 Å². The molecule has 0 bridgehead atoms. The van der Waals surface area contributed by atoms with Crippen LogP contribution >= 0.6 is 0 Å². The highest BCUT2D eigenvalue weighted by Gasteiger charge is 2.22. The molecule has 1 heterocycles. The molecule has 1 aliphatic heterocycles. The van der Waals surface area contributed by atoms with E-state index in [4.69, 9.17) is 0 Å². The molecule has 3 heteroatoms. The summed E-state index contributed by atoms with van der Waals surface area (Å²) < 4.78 is 0. The molecule has 102 valence electrons. The molecule has 0 saturated heterocycles. The Bertz CT molecular complexity index is 639. The Kier molecular flexibility index (Phi) is 3.18. The number of hydrogen-bond donors (Lipinski definition) is 1. The standard InChI is InChI=1S/C17H18N2O/c1-12-7-8-16(13(2)9-12)18-17(20)19-10-14-5-3-4-6-15(14)11-19/h3-9H,10-11H2,1-2H3,(H,18,20). The van der Waals surface area contributed by atoms with Crippen LogP contribution in [-0.4, -0.2) is 10.9 Å². The fourth-order valence-corrected chi connectivity index (χ4v) is 2.62.